The maximum Gasteiger partial charge on any atom is 0.236 e. The first kappa shape index (κ1) is 13.4. The molecule has 0 bridgehead atoms. The maximum absolute atomic E-state index is 11.2. The number of hydrogen-bond donors (Lipinski definition) is 2. The Morgan fingerprint density at radius 1 is 1.36 bits per heavy atom. The van der Waals surface area contributed by atoms with Crippen molar-refractivity contribution in [2.45, 2.75) is 32.9 Å². The van der Waals surface area contributed by atoms with E-state index < -0.39 is 6.04 Å². The third-order valence-corrected chi connectivity index (χ3v) is 2.33. The zero-order valence-electron chi connectivity index (χ0n) is 9.87. The minimum Gasteiger partial charge on any atom is -0.353 e. The Hall–Kier alpha value is -0.610. The van der Waals surface area contributed by atoms with Crippen molar-refractivity contribution >= 4 is 5.91 Å². The summed E-state index contributed by atoms with van der Waals surface area (Å²) in [7, 11) is 4.03. The second kappa shape index (κ2) is 5.98. The Balaban J connectivity index is 4.01. The van der Waals surface area contributed by atoms with Crippen LogP contribution >= 0.6 is 0 Å². The zero-order valence-corrected chi connectivity index (χ0v) is 9.87. The van der Waals surface area contributed by atoms with Crippen LogP contribution in [0.2, 0.25) is 0 Å². The normalized spacial score (nSPS) is 15.7. The summed E-state index contributed by atoms with van der Waals surface area (Å²) < 4.78 is 0. The molecular formula is C10H23N3O. The Morgan fingerprint density at radius 3 is 2.14 bits per heavy atom. The number of likely N-dealkylation sites (N-methyl/N-ethyl adjacent to an activating group) is 1. The third kappa shape index (κ3) is 4.58. The number of carbonyl (C=O) groups excluding carboxylic acids is 1. The molecule has 3 N–H and O–H groups in total. The number of nitrogens with one attached hydrogen (secondary N) is 1. The standard InChI is InChI=1S/C10H23N3O/c1-7(2)9(13(4)5)6-12-10(14)8(3)11/h7-9H,6,11H2,1-5H3,(H,12,14)/t8-,9?/m0/s1. The average Bonchev–Trinajstić information content (AvgIpc) is 2.02. The van der Waals surface area contributed by atoms with Gasteiger partial charge in [-0.15, -0.1) is 0 Å². The van der Waals surface area contributed by atoms with Gasteiger partial charge >= 0.3 is 0 Å². The number of carbonyl (C=O) groups is 1. The van der Waals surface area contributed by atoms with Gasteiger partial charge in [0.25, 0.3) is 0 Å². The van der Waals surface area contributed by atoms with Crippen LogP contribution in [0.5, 0.6) is 0 Å². The molecule has 0 heterocycles. The van der Waals surface area contributed by atoms with Gasteiger partial charge in [0.05, 0.1) is 6.04 Å². The summed E-state index contributed by atoms with van der Waals surface area (Å²) in [5.41, 5.74) is 5.45. The lowest BCUT2D eigenvalue weighted by molar-refractivity contribution is -0.122. The van der Waals surface area contributed by atoms with E-state index in [9.17, 15) is 4.79 Å². The van der Waals surface area contributed by atoms with E-state index in [0.29, 0.717) is 18.5 Å². The molecule has 0 rings (SSSR count). The summed E-state index contributed by atoms with van der Waals surface area (Å²) in [6.07, 6.45) is 0. The first-order valence-corrected chi connectivity index (χ1v) is 5.06. The smallest absolute Gasteiger partial charge is 0.236 e. The average molecular weight is 201 g/mol. The van der Waals surface area contributed by atoms with Crippen LogP contribution in [0.15, 0.2) is 0 Å². The van der Waals surface area contributed by atoms with Gasteiger partial charge in [0.1, 0.15) is 0 Å². The van der Waals surface area contributed by atoms with Crippen molar-refractivity contribution in [2.24, 2.45) is 11.7 Å². The molecule has 0 fully saturated rings. The fourth-order valence-electron chi connectivity index (χ4n) is 1.38. The summed E-state index contributed by atoms with van der Waals surface area (Å²) in [5.74, 6) is 0.427. The summed E-state index contributed by atoms with van der Waals surface area (Å²) in [6, 6.07) is -0.0670. The number of hydrogen-bond acceptors (Lipinski definition) is 3. The third-order valence-electron chi connectivity index (χ3n) is 2.33. The predicted molar refractivity (Wildman–Crippen MR) is 59.0 cm³/mol. The molecule has 0 aliphatic rings. The van der Waals surface area contributed by atoms with Crippen molar-refractivity contribution in [3.63, 3.8) is 0 Å². The number of nitrogens with zero attached hydrogens (tertiary/aromatic N) is 1. The fraction of sp³-hybridized carbons (Fsp3) is 0.900. The molecular weight excluding hydrogens is 178 g/mol. The van der Waals surface area contributed by atoms with E-state index >= 15 is 0 Å². The van der Waals surface area contributed by atoms with Crippen LogP contribution in [0.3, 0.4) is 0 Å². The molecule has 4 nitrogen and oxygen atoms in total. The Bertz CT molecular complexity index is 170. The van der Waals surface area contributed by atoms with Crippen molar-refractivity contribution in [1.29, 1.82) is 0 Å². The van der Waals surface area contributed by atoms with Crippen LogP contribution in [0.25, 0.3) is 0 Å². The van der Waals surface area contributed by atoms with E-state index in [4.69, 9.17) is 5.73 Å². The van der Waals surface area contributed by atoms with Crippen LogP contribution in [-0.4, -0.2) is 43.5 Å². The van der Waals surface area contributed by atoms with Crippen molar-refractivity contribution in [1.82, 2.24) is 10.2 Å². The van der Waals surface area contributed by atoms with Crippen LogP contribution in [0.1, 0.15) is 20.8 Å². The first-order valence-electron chi connectivity index (χ1n) is 5.06. The number of rotatable bonds is 5. The highest BCUT2D eigenvalue weighted by Gasteiger charge is 2.17. The molecule has 0 saturated heterocycles. The van der Waals surface area contributed by atoms with Crippen LogP contribution < -0.4 is 11.1 Å². The van der Waals surface area contributed by atoms with E-state index in [0.717, 1.165) is 0 Å². The molecule has 0 aromatic carbocycles. The molecule has 4 heteroatoms. The van der Waals surface area contributed by atoms with E-state index in [1.54, 1.807) is 6.92 Å². The molecule has 0 aromatic heterocycles. The van der Waals surface area contributed by atoms with Crippen LogP contribution in [-0.2, 0) is 4.79 Å². The predicted octanol–water partition coefficient (Wildman–Crippen LogP) is 0.0360. The summed E-state index contributed by atoms with van der Waals surface area (Å²) in [5, 5.41) is 2.84. The second-order valence-electron chi connectivity index (χ2n) is 4.31. The largest absolute Gasteiger partial charge is 0.353 e. The van der Waals surface area contributed by atoms with E-state index in [-0.39, 0.29) is 5.91 Å². The number of nitrogens with two attached hydrogens (primary N) is 1. The van der Waals surface area contributed by atoms with Gasteiger partial charge in [0.15, 0.2) is 0 Å². The van der Waals surface area contributed by atoms with Crippen molar-refractivity contribution in [3.8, 4) is 0 Å². The molecule has 84 valence electrons. The Labute approximate surface area is 86.8 Å². The molecule has 0 saturated carbocycles. The Morgan fingerprint density at radius 2 is 1.86 bits per heavy atom. The highest BCUT2D eigenvalue weighted by molar-refractivity contribution is 5.80. The van der Waals surface area contributed by atoms with Crippen molar-refractivity contribution < 1.29 is 4.79 Å². The van der Waals surface area contributed by atoms with Gasteiger partial charge in [-0.3, -0.25) is 4.79 Å². The summed E-state index contributed by atoms with van der Waals surface area (Å²) in [4.78, 5) is 13.4. The molecule has 1 unspecified atom stereocenters. The van der Waals surface area contributed by atoms with E-state index in [1.165, 1.54) is 0 Å². The molecule has 14 heavy (non-hydrogen) atoms. The summed E-state index contributed by atoms with van der Waals surface area (Å²) >= 11 is 0. The van der Waals surface area contributed by atoms with Gasteiger partial charge in [0.2, 0.25) is 5.91 Å². The molecule has 0 aliphatic carbocycles. The van der Waals surface area contributed by atoms with E-state index in [2.05, 4.69) is 24.1 Å². The highest BCUT2D eigenvalue weighted by Crippen LogP contribution is 2.05. The van der Waals surface area contributed by atoms with Gasteiger partial charge in [-0.2, -0.15) is 0 Å². The van der Waals surface area contributed by atoms with Gasteiger partial charge < -0.3 is 16.0 Å². The van der Waals surface area contributed by atoms with Gasteiger partial charge in [-0.25, -0.2) is 0 Å². The quantitative estimate of drug-likeness (QED) is 0.660. The van der Waals surface area contributed by atoms with Crippen molar-refractivity contribution in [2.75, 3.05) is 20.6 Å². The SMILES string of the molecule is CC(C)C(CNC(=O)[C@H](C)N)N(C)C. The molecule has 0 spiro atoms. The lowest BCUT2D eigenvalue weighted by atomic mass is 10.0. The van der Waals surface area contributed by atoms with Gasteiger partial charge in [-0.1, -0.05) is 13.8 Å². The topological polar surface area (TPSA) is 58.4 Å². The molecule has 1 amide bonds. The highest BCUT2D eigenvalue weighted by atomic mass is 16.2. The minimum absolute atomic E-state index is 0.0856. The fourth-order valence-corrected chi connectivity index (χ4v) is 1.38. The lowest BCUT2D eigenvalue weighted by Gasteiger charge is -2.28. The summed E-state index contributed by atoms with van der Waals surface area (Å²) in [6.45, 7) is 6.63. The second-order valence-corrected chi connectivity index (χ2v) is 4.31. The molecule has 2 atom stereocenters. The van der Waals surface area contributed by atoms with Gasteiger partial charge in [0, 0.05) is 12.6 Å². The first-order chi connectivity index (χ1) is 6.36. The lowest BCUT2D eigenvalue weighted by Crippen LogP contribution is -2.47. The molecule has 0 radical (unpaired) electrons. The molecule has 0 aliphatic heterocycles. The zero-order chi connectivity index (χ0) is 11.3. The minimum atomic E-state index is -0.426. The van der Waals surface area contributed by atoms with Gasteiger partial charge in [-0.05, 0) is 26.9 Å². The van der Waals surface area contributed by atoms with Crippen LogP contribution in [0, 0.1) is 5.92 Å². The maximum atomic E-state index is 11.2. The van der Waals surface area contributed by atoms with E-state index in [1.807, 2.05) is 14.1 Å². The Kier molecular flexibility index (Phi) is 5.72. The molecule has 0 aromatic rings. The van der Waals surface area contributed by atoms with Crippen molar-refractivity contribution in [3.05, 3.63) is 0 Å². The monoisotopic (exact) mass is 201 g/mol. The van der Waals surface area contributed by atoms with Crippen LogP contribution in [0.4, 0.5) is 0 Å². The number of amides is 1.